The van der Waals surface area contributed by atoms with Crippen LogP contribution >= 0.6 is 0 Å². The Labute approximate surface area is 134 Å². The van der Waals surface area contributed by atoms with Gasteiger partial charge < -0.3 is 0 Å². The van der Waals surface area contributed by atoms with Gasteiger partial charge >= 0.3 is 0 Å². The summed E-state index contributed by atoms with van der Waals surface area (Å²) >= 11 is 0. The number of hydrogen-bond acceptors (Lipinski definition) is 2. The maximum absolute atomic E-state index is 13.2. The van der Waals surface area contributed by atoms with E-state index in [1.54, 1.807) is 0 Å². The average molecular weight is 303 g/mol. The molecule has 2 aliphatic carbocycles. The molecule has 1 saturated heterocycles. The molecule has 4 unspecified atom stereocenters. The highest BCUT2D eigenvalue weighted by Gasteiger charge is 2.67. The number of anilines is 1. The van der Waals surface area contributed by atoms with Gasteiger partial charge in [-0.15, -0.1) is 0 Å². The third-order valence-corrected chi connectivity index (χ3v) is 6.12. The maximum atomic E-state index is 13.2. The van der Waals surface area contributed by atoms with Crippen LogP contribution in [0.15, 0.2) is 54.6 Å². The molecule has 1 aliphatic heterocycles. The van der Waals surface area contributed by atoms with Crippen LogP contribution in [-0.2, 0) is 9.59 Å². The van der Waals surface area contributed by atoms with Crippen molar-refractivity contribution in [2.75, 3.05) is 4.90 Å². The van der Waals surface area contributed by atoms with Crippen molar-refractivity contribution >= 4 is 28.3 Å². The molecule has 3 heteroatoms. The summed E-state index contributed by atoms with van der Waals surface area (Å²) in [6.07, 6.45) is 5.22. The summed E-state index contributed by atoms with van der Waals surface area (Å²) in [7, 11) is 0. The Morgan fingerprint density at radius 2 is 1.83 bits per heavy atom. The van der Waals surface area contributed by atoms with Crippen LogP contribution in [0.5, 0.6) is 0 Å². The van der Waals surface area contributed by atoms with Crippen LogP contribution in [0.1, 0.15) is 13.3 Å². The monoisotopic (exact) mass is 303 g/mol. The number of rotatable bonds is 1. The molecule has 0 spiro atoms. The van der Waals surface area contributed by atoms with Crippen molar-refractivity contribution in [1.82, 2.24) is 0 Å². The van der Waals surface area contributed by atoms with Crippen molar-refractivity contribution in [3.8, 4) is 0 Å². The predicted molar refractivity (Wildman–Crippen MR) is 88.8 cm³/mol. The van der Waals surface area contributed by atoms with Gasteiger partial charge in [-0.3, -0.25) is 9.59 Å². The topological polar surface area (TPSA) is 37.4 Å². The summed E-state index contributed by atoms with van der Waals surface area (Å²) in [6.45, 7) is 1.98. The number of imide groups is 1. The van der Waals surface area contributed by atoms with E-state index >= 15 is 0 Å². The largest absolute Gasteiger partial charge is 0.274 e. The molecule has 2 aromatic carbocycles. The first-order valence-corrected chi connectivity index (χ1v) is 8.17. The van der Waals surface area contributed by atoms with Gasteiger partial charge in [0.15, 0.2) is 0 Å². The number of amides is 2. The molecule has 4 atom stereocenters. The van der Waals surface area contributed by atoms with Crippen LogP contribution in [0, 0.1) is 23.2 Å². The zero-order chi connectivity index (χ0) is 15.8. The molecule has 23 heavy (non-hydrogen) atoms. The van der Waals surface area contributed by atoms with Gasteiger partial charge in [0.05, 0.1) is 17.0 Å². The molecule has 3 nitrogen and oxygen atoms in total. The fraction of sp³-hybridized carbons (Fsp3) is 0.300. The first-order valence-electron chi connectivity index (χ1n) is 8.17. The van der Waals surface area contributed by atoms with Crippen molar-refractivity contribution < 1.29 is 9.59 Å². The van der Waals surface area contributed by atoms with Crippen molar-refractivity contribution in [3.05, 3.63) is 54.6 Å². The van der Waals surface area contributed by atoms with Gasteiger partial charge in [-0.2, -0.15) is 0 Å². The average Bonchev–Trinajstić information content (AvgIpc) is 3.20. The number of allylic oxidation sites excluding steroid dienone is 2. The number of carbonyl (C=O) groups excluding carboxylic acids is 2. The summed E-state index contributed by atoms with van der Waals surface area (Å²) in [5.74, 6) is 0.186. The van der Waals surface area contributed by atoms with Gasteiger partial charge in [-0.05, 0) is 36.6 Å². The Bertz CT molecular complexity index is 894. The highest BCUT2D eigenvalue weighted by Crippen LogP contribution is 2.61. The SMILES string of the molecule is CC12C(=O)N(c3cccc4ccccc34)C(=O)C1C1C=CC2C1. The highest BCUT2D eigenvalue weighted by atomic mass is 16.2. The molecule has 1 saturated carbocycles. The Kier molecular flexibility index (Phi) is 2.33. The van der Waals surface area contributed by atoms with Gasteiger partial charge in [0.2, 0.25) is 11.8 Å². The number of nitrogens with zero attached hydrogens (tertiary/aromatic N) is 1. The molecule has 1 heterocycles. The van der Waals surface area contributed by atoms with Crippen molar-refractivity contribution in [2.45, 2.75) is 13.3 Å². The summed E-state index contributed by atoms with van der Waals surface area (Å²) < 4.78 is 0. The highest BCUT2D eigenvalue weighted by molar-refractivity contribution is 6.26. The molecule has 2 aromatic rings. The molecule has 3 aliphatic rings. The Balaban J connectivity index is 1.71. The van der Waals surface area contributed by atoms with Gasteiger partial charge in [-0.1, -0.05) is 48.6 Å². The second-order valence-electron chi connectivity index (χ2n) is 7.13. The summed E-state index contributed by atoms with van der Waals surface area (Å²) in [5.41, 5.74) is 0.168. The predicted octanol–water partition coefficient (Wildman–Crippen LogP) is 3.54. The minimum absolute atomic E-state index is 0.0225. The van der Waals surface area contributed by atoms with Gasteiger partial charge in [-0.25, -0.2) is 4.90 Å². The number of hydrogen-bond donors (Lipinski definition) is 0. The molecule has 114 valence electrons. The lowest BCUT2D eigenvalue weighted by atomic mass is 9.71. The molecule has 2 bridgehead atoms. The summed E-state index contributed by atoms with van der Waals surface area (Å²) in [4.78, 5) is 27.8. The first kappa shape index (κ1) is 13.1. The minimum atomic E-state index is -0.562. The first-order chi connectivity index (χ1) is 11.1. The van der Waals surface area contributed by atoms with Gasteiger partial charge in [0.25, 0.3) is 0 Å². The van der Waals surface area contributed by atoms with Crippen LogP contribution < -0.4 is 4.90 Å². The van der Waals surface area contributed by atoms with E-state index in [4.69, 9.17) is 0 Å². The number of fused-ring (bicyclic) bond motifs is 6. The maximum Gasteiger partial charge on any atom is 0.241 e. The lowest BCUT2D eigenvalue weighted by molar-refractivity contribution is -0.127. The Hall–Kier alpha value is -2.42. The molecule has 0 aromatic heterocycles. The zero-order valence-electron chi connectivity index (χ0n) is 12.9. The smallest absolute Gasteiger partial charge is 0.241 e. The van der Waals surface area contributed by atoms with Crippen LogP contribution in [0.25, 0.3) is 10.8 Å². The fourth-order valence-electron chi connectivity index (χ4n) is 4.94. The fourth-order valence-corrected chi connectivity index (χ4v) is 4.94. The Morgan fingerprint density at radius 3 is 2.65 bits per heavy atom. The minimum Gasteiger partial charge on any atom is -0.274 e. The molecule has 0 N–H and O–H groups in total. The van der Waals surface area contributed by atoms with Crippen molar-refractivity contribution in [3.63, 3.8) is 0 Å². The lowest BCUT2D eigenvalue weighted by Gasteiger charge is -2.28. The van der Waals surface area contributed by atoms with Gasteiger partial charge in [0, 0.05) is 5.39 Å². The number of benzene rings is 2. The molecule has 5 rings (SSSR count). The van der Waals surface area contributed by atoms with E-state index in [-0.39, 0.29) is 29.6 Å². The third-order valence-electron chi connectivity index (χ3n) is 6.12. The second-order valence-corrected chi connectivity index (χ2v) is 7.13. The lowest BCUT2D eigenvalue weighted by Crippen LogP contribution is -2.37. The molecular formula is C20H17NO2. The van der Waals surface area contributed by atoms with E-state index in [2.05, 4.69) is 12.2 Å². The van der Waals surface area contributed by atoms with Crippen LogP contribution in [0.3, 0.4) is 0 Å². The van der Waals surface area contributed by atoms with E-state index in [9.17, 15) is 9.59 Å². The van der Waals surface area contributed by atoms with Crippen LogP contribution in [-0.4, -0.2) is 11.8 Å². The van der Waals surface area contributed by atoms with Crippen molar-refractivity contribution in [2.24, 2.45) is 23.2 Å². The van der Waals surface area contributed by atoms with E-state index < -0.39 is 5.41 Å². The standard InChI is InChI=1S/C20H17NO2/c1-20-14-10-9-13(11-14)17(20)18(22)21(19(20)23)16-8-4-6-12-5-2-3-7-15(12)16/h2-10,13-14,17H,11H2,1H3. The molecule has 0 radical (unpaired) electrons. The Morgan fingerprint density at radius 1 is 1.04 bits per heavy atom. The van der Waals surface area contributed by atoms with E-state index in [1.165, 1.54) is 4.90 Å². The van der Waals surface area contributed by atoms with Gasteiger partial charge in [0.1, 0.15) is 0 Å². The molecular weight excluding hydrogens is 286 g/mol. The van der Waals surface area contributed by atoms with E-state index in [1.807, 2.05) is 49.4 Å². The normalized spacial score (nSPS) is 34.7. The molecule has 2 fully saturated rings. The number of carbonyl (C=O) groups is 2. The third kappa shape index (κ3) is 1.41. The zero-order valence-corrected chi connectivity index (χ0v) is 12.9. The van der Waals surface area contributed by atoms with Crippen LogP contribution in [0.2, 0.25) is 0 Å². The van der Waals surface area contributed by atoms with Crippen molar-refractivity contribution in [1.29, 1.82) is 0 Å². The summed E-state index contributed by atoms with van der Waals surface area (Å²) in [5, 5.41) is 2.01. The molecule has 2 amide bonds. The van der Waals surface area contributed by atoms with E-state index in [0.717, 1.165) is 22.9 Å². The van der Waals surface area contributed by atoms with Crippen LogP contribution in [0.4, 0.5) is 5.69 Å². The second kappa shape index (κ2) is 4.10. The van der Waals surface area contributed by atoms with E-state index in [0.29, 0.717) is 0 Å². The summed E-state index contributed by atoms with van der Waals surface area (Å²) in [6, 6.07) is 13.7. The quantitative estimate of drug-likeness (QED) is 0.597.